The van der Waals surface area contributed by atoms with Crippen molar-refractivity contribution in [2.24, 2.45) is 7.05 Å². The molecule has 0 amide bonds. The van der Waals surface area contributed by atoms with E-state index in [-0.39, 0.29) is 0 Å². The molecule has 0 aliphatic heterocycles. The number of hydrogen-bond acceptors (Lipinski definition) is 1. The summed E-state index contributed by atoms with van der Waals surface area (Å²) in [6, 6.07) is 0. The van der Waals surface area contributed by atoms with Crippen LogP contribution in [0.25, 0.3) is 6.08 Å². The van der Waals surface area contributed by atoms with Crippen LogP contribution in [0.15, 0.2) is 6.58 Å². The average Bonchev–Trinajstić information content (AvgIpc) is 2.09. The molecule has 0 fully saturated rings. The summed E-state index contributed by atoms with van der Waals surface area (Å²) in [7, 11) is 1.81. The van der Waals surface area contributed by atoms with Gasteiger partial charge in [-0.1, -0.05) is 24.3 Å². The van der Waals surface area contributed by atoms with Gasteiger partial charge in [-0.05, 0) is 6.92 Å². The molecule has 0 radical (unpaired) electrons. The summed E-state index contributed by atoms with van der Waals surface area (Å²) in [6.07, 6.45) is 1.71. The first-order chi connectivity index (χ1) is 4.66. The van der Waals surface area contributed by atoms with Gasteiger partial charge in [0.1, 0.15) is 5.15 Å². The van der Waals surface area contributed by atoms with Crippen molar-refractivity contribution in [3.05, 3.63) is 23.0 Å². The minimum atomic E-state index is 0.646. The average molecular weight is 157 g/mol. The Kier molecular flexibility index (Phi) is 1.81. The molecule has 1 aromatic heterocycles. The molecule has 0 aliphatic carbocycles. The molecule has 10 heavy (non-hydrogen) atoms. The Morgan fingerprint density at radius 3 is 2.50 bits per heavy atom. The van der Waals surface area contributed by atoms with Gasteiger partial charge >= 0.3 is 0 Å². The highest BCUT2D eigenvalue weighted by molar-refractivity contribution is 6.31. The zero-order valence-corrected chi connectivity index (χ0v) is 6.81. The van der Waals surface area contributed by atoms with Gasteiger partial charge in [-0.15, -0.1) is 0 Å². The summed E-state index contributed by atoms with van der Waals surface area (Å²) in [5.74, 6) is 0. The second kappa shape index (κ2) is 2.46. The minimum absolute atomic E-state index is 0.646. The maximum Gasteiger partial charge on any atom is 0.134 e. The van der Waals surface area contributed by atoms with Crippen molar-refractivity contribution in [1.82, 2.24) is 9.78 Å². The Hall–Kier alpha value is -0.760. The van der Waals surface area contributed by atoms with E-state index in [1.54, 1.807) is 10.8 Å². The van der Waals surface area contributed by atoms with E-state index in [4.69, 9.17) is 11.6 Å². The third-order valence-electron chi connectivity index (χ3n) is 1.40. The fourth-order valence-electron chi connectivity index (χ4n) is 0.878. The standard InChI is InChI=1S/C7H9ClN2/c1-4-6-5(2)9-10(3)7(6)8/h4H,1H2,2-3H3. The van der Waals surface area contributed by atoms with E-state index in [1.165, 1.54) is 0 Å². The normalized spacial score (nSPS) is 9.90. The molecule has 0 unspecified atom stereocenters. The Bertz CT molecular complexity index is 263. The second-order valence-electron chi connectivity index (χ2n) is 2.12. The molecule has 1 rings (SSSR count). The van der Waals surface area contributed by atoms with Crippen LogP contribution in [0.1, 0.15) is 11.3 Å². The Labute approximate surface area is 65.1 Å². The van der Waals surface area contributed by atoms with Crippen LogP contribution in [0.4, 0.5) is 0 Å². The van der Waals surface area contributed by atoms with Crippen molar-refractivity contribution in [1.29, 1.82) is 0 Å². The highest BCUT2D eigenvalue weighted by Gasteiger charge is 2.05. The summed E-state index contributed by atoms with van der Waals surface area (Å²) >= 11 is 5.84. The lowest BCUT2D eigenvalue weighted by atomic mass is 10.3. The van der Waals surface area contributed by atoms with E-state index in [1.807, 2.05) is 14.0 Å². The summed E-state index contributed by atoms with van der Waals surface area (Å²) in [4.78, 5) is 0. The molecule has 0 atom stereocenters. The van der Waals surface area contributed by atoms with Crippen LogP contribution < -0.4 is 0 Å². The van der Waals surface area contributed by atoms with E-state index >= 15 is 0 Å². The van der Waals surface area contributed by atoms with Crippen molar-refractivity contribution in [3.8, 4) is 0 Å². The molecule has 0 N–H and O–H groups in total. The van der Waals surface area contributed by atoms with Gasteiger partial charge in [0, 0.05) is 12.6 Å². The van der Waals surface area contributed by atoms with Gasteiger partial charge in [-0.25, -0.2) is 0 Å². The molecule has 0 saturated heterocycles. The van der Waals surface area contributed by atoms with Crippen LogP contribution in [-0.4, -0.2) is 9.78 Å². The number of nitrogens with zero attached hydrogens (tertiary/aromatic N) is 2. The predicted molar refractivity (Wildman–Crippen MR) is 43.0 cm³/mol. The number of aromatic nitrogens is 2. The molecule has 0 bridgehead atoms. The molecule has 0 aromatic carbocycles. The first-order valence-corrected chi connectivity index (χ1v) is 3.36. The SMILES string of the molecule is C=Cc1c(C)nn(C)c1Cl. The third-order valence-corrected chi connectivity index (χ3v) is 1.85. The van der Waals surface area contributed by atoms with Gasteiger partial charge in [0.15, 0.2) is 0 Å². The predicted octanol–water partition coefficient (Wildman–Crippen LogP) is 2.02. The fourth-order valence-corrected chi connectivity index (χ4v) is 1.13. The smallest absolute Gasteiger partial charge is 0.134 e. The van der Waals surface area contributed by atoms with Crippen molar-refractivity contribution in [2.45, 2.75) is 6.92 Å². The number of halogens is 1. The highest BCUT2D eigenvalue weighted by Crippen LogP contribution is 2.18. The van der Waals surface area contributed by atoms with E-state index in [9.17, 15) is 0 Å². The topological polar surface area (TPSA) is 17.8 Å². The highest BCUT2D eigenvalue weighted by atomic mass is 35.5. The van der Waals surface area contributed by atoms with E-state index < -0.39 is 0 Å². The van der Waals surface area contributed by atoms with Crippen LogP contribution in [0.5, 0.6) is 0 Å². The second-order valence-corrected chi connectivity index (χ2v) is 2.48. The maximum atomic E-state index is 5.84. The van der Waals surface area contributed by atoms with Crippen LogP contribution in [-0.2, 0) is 7.05 Å². The van der Waals surface area contributed by atoms with Gasteiger partial charge in [-0.2, -0.15) is 5.10 Å². The minimum Gasteiger partial charge on any atom is -0.256 e. The zero-order valence-electron chi connectivity index (χ0n) is 6.06. The van der Waals surface area contributed by atoms with Crippen LogP contribution in [0.2, 0.25) is 5.15 Å². The maximum absolute atomic E-state index is 5.84. The summed E-state index contributed by atoms with van der Waals surface area (Å²) in [6.45, 7) is 5.53. The molecule has 0 aliphatic rings. The number of rotatable bonds is 1. The zero-order chi connectivity index (χ0) is 7.72. The Morgan fingerprint density at radius 1 is 1.70 bits per heavy atom. The van der Waals surface area contributed by atoms with Crippen molar-refractivity contribution >= 4 is 17.7 Å². The Morgan fingerprint density at radius 2 is 2.30 bits per heavy atom. The summed E-state index contributed by atoms with van der Waals surface area (Å²) < 4.78 is 1.63. The van der Waals surface area contributed by atoms with Gasteiger partial charge in [-0.3, -0.25) is 4.68 Å². The summed E-state index contributed by atoms with van der Waals surface area (Å²) in [5.41, 5.74) is 1.84. The lowest BCUT2D eigenvalue weighted by Crippen LogP contribution is -1.88. The van der Waals surface area contributed by atoms with Gasteiger partial charge < -0.3 is 0 Å². The van der Waals surface area contributed by atoms with E-state index in [0.29, 0.717) is 5.15 Å². The van der Waals surface area contributed by atoms with E-state index in [2.05, 4.69) is 11.7 Å². The van der Waals surface area contributed by atoms with Gasteiger partial charge in [0.25, 0.3) is 0 Å². The van der Waals surface area contributed by atoms with Crippen molar-refractivity contribution in [2.75, 3.05) is 0 Å². The lowest BCUT2D eigenvalue weighted by molar-refractivity contribution is 0.757. The molecular formula is C7H9ClN2. The van der Waals surface area contributed by atoms with Crippen LogP contribution in [0.3, 0.4) is 0 Å². The largest absolute Gasteiger partial charge is 0.256 e. The molecule has 1 aromatic rings. The van der Waals surface area contributed by atoms with Crippen LogP contribution >= 0.6 is 11.6 Å². The van der Waals surface area contributed by atoms with E-state index in [0.717, 1.165) is 11.3 Å². The first-order valence-electron chi connectivity index (χ1n) is 2.98. The molecule has 0 saturated carbocycles. The molecular weight excluding hydrogens is 148 g/mol. The molecule has 0 spiro atoms. The van der Waals surface area contributed by atoms with Crippen molar-refractivity contribution < 1.29 is 0 Å². The number of aryl methyl sites for hydroxylation is 2. The number of hydrogen-bond donors (Lipinski definition) is 0. The van der Waals surface area contributed by atoms with Crippen LogP contribution in [0, 0.1) is 6.92 Å². The fraction of sp³-hybridized carbons (Fsp3) is 0.286. The molecule has 2 nitrogen and oxygen atoms in total. The molecule has 1 heterocycles. The van der Waals surface area contributed by atoms with Crippen molar-refractivity contribution in [3.63, 3.8) is 0 Å². The van der Waals surface area contributed by atoms with Gasteiger partial charge in [0.05, 0.1) is 5.69 Å². The molecule has 54 valence electrons. The molecule has 3 heteroatoms. The lowest BCUT2D eigenvalue weighted by Gasteiger charge is -1.89. The monoisotopic (exact) mass is 156 g/mol. The van der Waals surface area contributed by atoms with Gasteiger partial charge in [0.2, 0.25) is 0 Å². The Balaban J connectivity index is 3.33. The third kappa shape index (κ3) is 0.948. The summed E-state index contributed by atoms with van der Waals surface area (Å²) in [5, 5.41) is 4.74. The quantitative estimate of drug-likeness (QED) is 0.609. The first kappa shape index (κ1) is 7.35.